The minimum Gasteiger partial charge on any atom is -0.468 e. The highest BCUT2D eigenvalue weighted by Gasteiger charge is 2.10. The fourth-order valence-electron chi connectivity index (χ4n) is 0.684. The first-order valence-corrected chi connectivity index (χ1v) is 5.50. The molecule has 0 amide bonds. The minimum absolute atomic E-state index is 0.0286. The zero-order valence-electron chi connectivity index (χ0n) is 7.83. The summed E-state index contributed by atoms with van der Waals surface area (Å²) in [7, 11) is 0.254. The number of hydrogen-bond acceptors (Lipinski definition) is 3. The maximum absolute atomic E-state index is 11.2. The van der Waals surface area contributed by atoms with E-state index in [9.17, 15) is 9.00 Å². The number of hydrogen-bond donors (Lipinski definition) is 0. The van der Waals surface area contributed by atoms with Crippen molar-refractivity contribution in [3.63, 3.8) is 0 Å². The van der Waals surface area contributed by atoms with Gasteiger partial charge in [0.25, 0.3) is 0 Å². The highest BCUT2D eigenvalue weighted by molar-refractivity contribution is 7.85. The second kappa shape index (κ2) is 6.17. The highest BCUT2D eigenvalue weighted by Crippen LogP contribution is 2.02. The van der Waals surface area contributed by atoms with Crippen molar-refractivity contribution in [2.75, 3.05) is 18.6 Å². The Bertz CT molecular complexity index is 168. The quantitative estimate of drug-likeness (QED) is 0.609. The lowest BCUT2D eigenvalue weighted by molar-refractivity contribution is -0.137. The number of carbonyl (C=O) groups is 1. The summed E-state index contributed by atoms with van der Waals surface area (Å²) < 4.78 is 15.6. The van der Waals surface area contributed by atoms with Crippen molar-refractivity contribution < 1.29 is 13.7 Å². The Morgan fingerprint density at radius 1 is 1.58 bits per heavy atom. The molecule has 0 radical (unpaired) electrons. The van der Waals surface area contributed by atoms with Crippen LogP contribution in [0.3, 0.4) is 0 Å². The number of ether oxygens (including phenoxy) is 1. The molecule has 72 valence electrons. The summed E-state index contributed by atoms with van der Waals surface area (Å²) in [6.45, 7) is 4.06. The predicted octanol–water partition coefficient (Wildman–Crippen LogP) is 0.954. The number of methoxy groups -OCH3 is 1. The molecule has 2 atom stereocenters. The van der Waals surface area contributed by atoms with Gasteiger partial charge in [-0.2, -0.15) is 0 Å². The Hall–Kier alpha value is -0.380. The maximum Gasteiger partial charge on any atom is 0.318 e. The molecule has 0 aliphatic rings. The topological polar surface area (TPSA) is 43.4 Å². The fourth-order valence-corrected chi connectivity index (χ4v) is 2.05. The lowest BCUT2D eigenvalue weighted by atomic mass is 10.2. The first kappa shape index (κ1) is 11.6. The van der Waals surface area contributed by atoms with E-state index in [4.69, 9.17) is 0 Å². The smallest absolute Gasteiger partial charge is 0.318 e. The Labute approximate surface area is 75.9 Å². The Morgan fingerprint density at radius 3 is 2.58 bits per heavy atom. The highest BCUT2D eigenvalue weighted by atomic mass is 32.2. The van der Waals surface area contributed by atoms with Crippen molar-refractivity contribution in [1.82, 2.24) is 0 Å². The van der Waals surface area contributed by atoms with E-state index < -0.39 is 16.8 Å². The third-order valence-electron chi connectivity index (χ3n) is 1.67. The molecule has 0 saturated carbocycles. The summed E-state index contributed by atoms with van der Waals surface area (Å²) in [6.07, 6.45) is 0.993. The Morgan fingerprint density at radius 2 is 2.17 bits per heavy atom. The summed E-state index contributed by atoms with van der Waals surface area (Å²) in [4.78, 5) is 10.7. The molecule has 0 aliphatic carbocycles. The summed E-state index contributed by atoms with van der Waals surface area (Å²) in [5.41, 5.74) is 0. The van der Waals surface area contributed by atoms with Gasteiger partial charge in [0.05, 0.1) is 7.11 Å². The molecule has 0 aliphatic heterocycles. The second-order valence-electron chi connectivity index (χ2n) is 2.84. The largest absolute Gasteiger partial charge is 0.468 e. The van der Waals surface area contributed by atoms with Crippen LogP contribution in [0.5, 0.6) is 0 Å². The monoisotopic (exact) mass is 192 g/mol. The van der Waals surface area contributed by atoms with Gasteiger partial charge >= 0.3 is 5.97 Å². The van der Waals surface area contributed by atoms with Gasteiger partial charge in [0.15, 0.2) is 0 Å². The van der Waals surface area contributed by atoms with Crippen LogP contribution < -0.4 is 0 Å². The van der Waals surface area contributed by atoms with Gasteiger partial charge in [-0.3, -0.25) is 9.00 Å². The van der Waals surface area contributed by atoms with E-state index in [1.54, 1.807) is 0 Å². The first-order chi connectivity index (χ1) is 5.60. The van der Waals surface area contributed by atoms with E-state index in [1.165, 1.54) is 7.11 Å². The molecule has 12 heavy (non-hydrogen) atoms. The van der Waals surface area contributed by atoms with Gasteiger partial charge in [0, 0.05) is 16.6 Å². The minimum atomic E-state index is -1.05. The normalized spacial score (nSPS) is 15.2. The van der Waals surface area contributed by atoms with Crippen molar-refractivity contribution in [3.8, 4) is 0 Å². The van der Waals surface area contributed by atoms with E-state index in [2.05, 4.69) is 4.74 Å². The molecule has 0 bridgehead atoms. The van der Waals surface area contributed by atoms with Crippen molar-refractivity contribution >= 4 is 16.8 Å². The third kappa shape index (κ3) is 5.29. The Balaban J connectivity index is 3.66. The number of rotatable bonds is 5. The van der Waals surface area contributed by atoms with Gasteiger partial charge in [-0.05, 0) is 5.92 Å². The zero-order chi connectivity index (χ0) is 9.56. The van der Waals surface area contributed by atoms with Crippen LogP contribution in [0.15, 0.2) is 0 Å². The summed E-state index contributed by atoms with van der Waals surface area (Å²) >= 11 is 0. The van der Waals surface area contributed by atoms with E-state index in [1.807, 2.05) is 13.8 Å². The molecule has 0 rings (SSSR count). The van der Waals surface area contributed by atoms with Gasteiger partial charge < -0.3 is 4.74 Å². The molecule has 0 aromatic rings. The molecule has 3 nitrogen and oxygen atoms in total. The molecular formula is C8H16O3S. The Kier molecular flexibility index (Phi) is 5.98. The molecule has 0 saturated heterocycles. The molecule has 2 unspecified atom stereocenters. The standard InChI is InChI=1S/C8H16O3S/c1-4-7(2)5-12(10)6-8(9)11-3/h7H,4-6H2,1-3H3. The van der Waals surface area contributed by atoms with Crippen molar-refractivity contribution in [2.24, 2.45) is 5.92 Å². The number of esters is 1. The van der Waals surface area contributed by atoms with E-state index in [-0.39, 0.29) is 5.75 Å². The van der Waals surface area contributed by atoms with Crippen molar-refractivity contribution in [1.29, 1.82) is 0 Å². The molecule has 0 spiro atoms. The van der Waals surface area contributed by atoms with E-state index >= 15 is 0 Å². The zero-order valence-corrected chi connectivity index (χ0v) is 8.65. The lowest BCUT2D eigenvalue weighted by Gasteiger charge is -2.06. The van der Waals surface area contributed by atoms with Crippen LogP contribution in [-0.4, -0.2) is 28.8 Å². The van der Waals surface area contributed by atoms with Gasteiger partial charge in [-0.25, -0.2) is 0 Å². The molecule has 0 N–H and O–H groups in total. The van der Waals surface area contributed by atoms with Crippen LogP contribution in [0.2, 0.25) is 0 Å². The summed E-state index contributed by atoms with van der Waals surface area (Å²) in [5.74, 6) is 0.638. The SMILES string of the molecule is CCC(C)CS(=O)CC(=O)OC. The second-order valence-corrected chi connectivity index (χ2v) is 4.34. The van der Waals surface area contributed by atoms with Gasteiger partial charge in [0.1, 0.15) is 5.75 Å². The molecule has 0 heterocycles. The summed E-state index contributed by atoms with van der Waals surface area (Å²) in [5, 5.41) is 0. The van der Waals surface area contributed by atoms with Crippen molar-refractivity contribution in [3.05, 3.63) is 0 Å². The fraction of sp³-hybridized carbons (Fsp3) is 0.875. The first-order valence-electron chi connectivity index (χ1n) is 4.02. The third-order valence-corrected chi connectivity index (χ3v) is 3.17. The van der Waals surface area contributed by atoms with Gasteiger partial charge in [-0.1, -0.05) is 20.3 Å². The molecule has 0 fully saturated rings. The molecule has 4 heteroatoms. The van der Waals surface area contributed by atoms with E-state index in [0.717, 1.165) is 6.42 Å². The maximum atomic E-state index is 11.2. The number of carbonyl (C=O) groups excluding carboxylic acids is 1. The summed E-state index contributed by atoms with van der Waals surface area (Å²) in [6, 6.07) is 0. The van der Waals surface area contributed by atoms with Crippen LogP contribution >= 0.6 is 0 Å². The van der Waals surface area contributed by atoms with E-state index in [0.29, 0.717) is 11.7 Å². The van der Waals surface area contributed by atoms with Crippen molar-refractivity contribution in [2.45, 2.75) is 20.3 Å². The van der Waals surface area contributed by atoms with Gasteiger partial charge in [-0.15, -0.1) is 0 Å². The molecule has 0 aromatic carbocycles. The van der Waals surface area contributed by atoms with Crippen LogP contribution in [-0.2, 0) is 20.3 Å². The van der Waals surface area contributed by atoms with Crippen LogP contribution in [0, 0.1) is 5.92 Å². The van der Waals surface area contributed by atoms with Crippen LogP contribution in [0.25, 0.3) is 0 Å². The lowest BCUT2D eigenvalue weighted by Crippen LogP contribution is -2.17. The van der Waals surface area contributed by atoms with Gasteiger partial charge in [0.2, 0.25) is 0 Å². The predicted molar refractivity (Wildman–Crippen MR) is 49.3 cm³/mol. The average molecular weight is 192 g/mol. The van der Waals surface area contributed by atoms with Crippen LogP contribution in [0.1, 0.15) is 20.3 Å². The average Bonchev–Trinajstić information content (AvgIpc) is 2.03. The molecule has 0 aromatic heterocycles. The molecular weight excluding hydrogens is 176 g/mol. The van der Waals surface area contributed by atoms with Crippen LogP contribution in [0.4, 0.5) is 0 Å².